The normalized spacial score (nSPS) is 11.0. The van der Waals surface area contributed by atoms with Gasteiger partial charge in [-0.2, -0.15) is 5.26 Å². The Morgan fingerprint density at radius 1 is 1.21 bits per heavy atom. The number of nitriles is 1. The molecule has 144 valence electrons. The van der Waals surface area contributed by atoms with Gasteiger partial charge in [0.15, 0.2) is 0 Å². The molecule has 4 nitrogen and oxygen atoms in total. The van der Waals surface area contributed by atoms with Crippen LogP contribution in [0.3, 0.4) is 0 Å². The van der Waals surface area contributed by atoms with Crippen LogP contribution in [0, 0.1) is 18.3 Å². The fourth-order valence-electron chi connectivity index (χ4n) is 3.56. The van der Waals surface area contributed by atoms with E-state index in [2.05, 4.69) is 6.07 Å². The molecule has 0 spiro atoms. The molecule has 0 saturated carbocycles. The Labute approximate surface area is 177 Å². The van der Waals surface area contributed by atoms with E-state index < -0.39 is 0 Å². The van der Waals surface area contributed by atoms with Gasteiger partial charge in [-0.1, -0.05) is 42.8 Å². The standard InChI is InChI=1S/C23H18ClN3OS/c1-3-19-26-22-21(20(14(2)29-22)17-7-9-18(24)10-8-17)23(28)27(19)13-16-6-4-5-15(11-16)12-25/h4-11H,3,13H2,1-2H3. The second kappa shape index (κ2) is 7.82. The van der Waals surface area contributed by atoms with Crippen LogP contribution in [0.25, 0.3) is 21.3 Å². The summed E-state index contributed by atoms with van der Waals surface area (Å²) in [7, 11) is 0. The summed E-state index contributed by atoms with van der Waals surface area (Å²) in [5.41, 5.74) is 3.31. The summed E-state index contributed by atoms with van der Waals surface area (Å²) < 4.78 is 1.73. The zero-order chi connectivity index (χ0) is 20.5. The number of hydrogen-bond donors (Lipinski definition) is 0. The number of aryl methyl sites for hydroxylation is 2. The van der Waals surface area contributed by atoms with Crippen LogP contribution in [0.1, 0.15) is 28.8 Å². The lowest BCUT2D eigenvalue weighted by Gasteiger charge is -2.12. The predicted octanol–water partition coefficient (Wildman–Crippen LogP) is 5.57. The summed E-state index contributed by atoms with van der Waals surface area (Å²) >= 11 is 7.59. The third-order valence-corrected chi connectivity index (χ3v) is 6.16. The van der Waals surface area contributed by atoms with Crippen LogP contribution in [0.4, 0.5) is 0 Å². The Morgan fingerprint density at radius 2 is 1.97 bits per heavy atom. The molecule has 0 aliphatic heterocycles. The highest BCUT2D eigenvalue weighted by atomic mass is 35.5. The molecule has 2 aromatic heterocycles. The Bertz CT molecular complexity index is 1310. The second-order valence-electron chi connectivity index (χ2n) is 6.81. The molecule has 2 heterocycles. The third kappa shape index (κ3) is 3.57. The van der Waals surface area contributed by atoms with Gasteiger partial charge in [-0.25, -0.2) is 4.98 Å². The van der Waals surface area contributed by atoms with Crippen molar-refractivity contribution in [3.05, 3.63) is 85.7 Å². The van der Waals surface area contributed by atoms with Gasteiger partial charge in [-0.05, 0) is 42.3 Å². The number of rotatable bonds is 4. The van der Waals surface area contributed by atoms with Crippen molar-refractivity contribution in [2.24, 2.45) is 0 Å². The van der Waals surface area contributed by atoms with Crippen LogP contribution in [0.5, 0.6) is 0 Å². The van der Waals surface area contributed by atoms with Gasteiger partial charge in [0.2, 0.25) is 0 Å². The number of nitrogens with zero attached hydrogens (tertiary/aromatic N) is 3. The smallest absolute Gasteiger partial charge is 0.263 e. The summed E-state index contributed by atoms with van der Waals surface area (Å²) in [5.74, 6) is 0.744. The molecule has 0 saturated heterocycles. The van der Waals surface area contributed by atoms with Gasteiger partial charge in [-0.3, -0.25) is 9.36 Å². The fraction of sp³-hybridized carbons (Fsp3) is 0.174. The van der Waals surface area contributed by atoms with Crippen LogP contribution < -0.4 is 5.56 Å². The van der Waals surface area contributed by atoms with Crippen molar-refractivity contribution >= 4 is 33.2 Å². The predicted molar refractivity (Wildman–Crippen MR) is 119 cm³/mol. The van der Waals surface area contributed by atoms with Gasteiger partial charge < -0.3 is 0 Å². The van der Waals surface area contributed by atoms with Crippen LogP contribution in [-0.2, 0) is 13.0 Å². The number of benzene rings is 2. The van der Waals surface area contributed by atoms with E-state index in [4.69, 9.17) is 16.6 Å². The lowest BCUT2D eigenvalue weighted by molar-refractivity contribution is 0.687. The number of halogens is 1. The van der Waals surface area contributed by atoms with Crippen molar-refractivity contribution in [1.82, 2.24) is 9.55 Å². The molecular formula is C23H18ClN3OS. The molecule has 0 aliphatic carbocycles. The van der Waals surface area contributed by atoms with E-state index in [0.29, 0.717) is 28.9 Å². The molecule has 29 heavy (non-hydrogen) atoms. The fourth-order valence-corrected chi connectivity index (χ4v) is 4.74. The lowest BCUT2D eigenvalue weighted by atomic mass is 10.0. The Morgan fingerprint density at radius 3 is 2.66 bits per heavy atom. The quantitative estimate of drug-likeness (QED) is 0.434. The topological polar surface area (TPSA) is 58.7 Å². The van der Waals surface area contributed by atoms with Crippen molar-refractivity contribution in [3.8, 4) is 17.2 Å². The van der Waals surface area contributed by atoms with Crippen LogP contribution in [0.2, 0.25) is 5.02 Å². The van der Waals surface area contributed by atoms with Gasteiger partial charge >= 0.3 is 0 Å². The maximum absolute atomic E-state index is 13.6. The molecule has 4 rings (SSSR count). The largest absolute Gasteiger partial charge is 0.292 e. The zero-order valence-corrected chi connectivity index (χ0v) is 17.6. The first-order chi connectivity index (χ1) is 14.0. The van der Waals surface area contributed by atoms with E-state index in [1.807, 2.05) is 56.3 Å². The summed E-state index contributed by atoms with van der Waals surface area (Å²) in [4.78, 5) is 20.2. The molecule has 6 heteroatoms. The maximum Gasteiger partial charge on any atom is 0.263 e. The number of aromatic nitrogens is 2. The zero-order valence-electron chi connectivity index (χ0n) is 16.1. The molecule has 0 unspecified atom stereocenters. The first-order valence-corrected chi connectivity index (χ1v) is 10.5. The lowest BCUT2D eigenvalue weighted by Crippen LogP contribution is -2.25. The average Bonchev–Trinajstić information content (AvgIpc) is 3.06. The maximum atomic E-state index is 13.6. The van der Waals surface area contributed by atoms with Crippen molar-refractivity contribution < 1.29 is 0 Å². The average molecular weight is 420 g/mol. The van der Waals surface area contributed by atoms with Crippen molar-refractivity contribution in [1.29, 1.82) is 5.26 Å². The molecule has 0 radical (unpaired) electrons. The highest BCUT2D eigenvalue weighted by molar-refractivity contribution is 7.19. The highest BCUT2D eigenvalue weighted by Crippen LogP contribution is 2.36. The minimum atomic E-state index is -0.0523. The minimum Gasteiger partial charge on any atom is -0.292 e. The monoisotopic (exact) mass is 419 g/mol. The van der Waals surface area contributed by atoms with Gasteiger partial charge in [0.1, 0.15) is 10.7 Å². The number of fused-ring (bicyclic) bond motifs is 1. The van der Waals surface area contributed by atoms with Gasteiger partial charge in [0, 0.05) is 21.9 Å². The SMILES string of the molecule is CCc1nc2sc(C)c(-c3ccc(Cl)cc3)c2c(=O)n1Cc1cccc(C#N)c1. The van der Waals surface area contributed by atoms with Gasteiger partial charge in [-0.15, -0.1) is 11.3 Å². The van der Waals surface area contributed by atoms with E-state index in [1.165, 1.54) is 0 Å². The highest BCUT2D eigenvalue weighted by Gasteiger charge is 2.19. The first-order valence-electron chi connectivity index (χ1n) is 9.29. The molecular weight excluding hydrogens is 402 g/mol. The molecule has 0 aliphatic rings. The van der Waals surface area contributed by atoms with Crippen LogP contribution in [-0.4, -0.2) is 9.55 Å². The van der Waals surface area contributed by atoms with Crippen molar-refractivity contribution in [3.63, 3.8) is 0 Å². The minimum absolute atomic E-state index is 0.0523. The molecule has 0 fully saturated rings. The van der Waals surface area contributed by atoms with Crippen molar-refractivity contribution in [2.45, 2.75) is 26.8 Å². The summed E-state index contributed by atoms with van der Waals surface area (Å²) in [5, 5.41) is 10.5. The van der Waals surface area contributed by atoms with E-state index >= 15 is 0 Å². The van der Waals surface area contributed by atoms with Crippen LogP contribution in [0.15, 0.2) is 53.3 Å². The van der Waals surface area contributed by atoms with E-state index in [9.17, 15) is 10.1 Å². The molecule has 0 N–H and O–H groups in total. The Hall–Kier alpha value is -2.94. The summed E-state index contributed by atoms with van der Waals surface area (Å²) in [6.07, 6.45) is 0.649. The van der Waals surface area contributed by atoms with E-state index in [-0.39, 0.29) is 5.56 Å². The van der Waals surface area contributed by atoms with Crippen molar-refractivity contribution in [2.75, 3.05) is 0 Å². The van der Waals surface area contributed by atoms with E-state index in [1.54, 1.807) is 22.0 Å². The number of thiophene rings is 1. The summed E-state index contributed by atoms with van der Waals surface area (Å²) in [6, 6.07) is 17.0. The van der Waals surface area contributed by atoms with Gasteiger partial charge in [0.25, 0.3) is 5.56 Å². The third-order valence-electron chi connectivity index (χ3n) is 4.91. The molecule has 4 aromatic rings. The first kappa shape index (κ1) is 19.4. The Kier molecular flexibility index (Phi) is 5.23. The number of hydrogen-bond acceptors (Lipinski definition) is 4. The van der Waals surface area contributed by atoms with Crippen LogP contribution >= 0.6 is 22.9 Å². The van der Waals surface area contributed by atoms with Gasteiger partial charge in [0.05, 0.1) is 23.6 Å². The summed E-state index contributed by atoms with van der Waals surface area (Å²) in [6.45, 7) is 4.40. The second-order valence-corrected chi connectivity index (χ2v) is 8.44. The molecule has 0 atom stereocenters. The molecule has 2 aromatic carbocycles. The molecule has 0 bridgehead atoms. The molecule has 0 amide bonds. The van der Waals surface area contributed by atoms with E-state index in [0.717, 1.165) is 32.2 Å². The Balaban J connectivity index is 1.94.